The summed E-state index contributed by atoms with van der Waals surface area (Å²) >= 11 is 0. The lowest BCUT2D eigenvalue weighted by molar-refractivity contribution is -0.157. The lowest BCUT2D eigenvalue weighted by atomic mass is 9.85. The number of hydrogen-bond acceptors (Lipinski definition) is 3. The third kappa shape index (κ3) is 2.56. The van der Waals surface area contributed by atoms with Crippen molar-refractivity contribution in [3.63, 3.8) is 0 Å². The van der Waals surface area contributed by atoms with E-state index in [0.29, 0.717) is 37.8 Å². The zero-order chi connectivity index (χ0) is 15.0. The molecule has 3 aliphatic rings. The van der Waals surface area contributed by atoms with Crippen molar-refractivity contribution >= 4 is 11.8 Å². The molecule has 3 fully saturated rings. The summed E-state index contributed by atoms with van der Waals surface area (Å²) in [6.45, 7) is 6.13. The number of nitrogens with one attached hydrogen (secondary N) is 1. The molecule has 2 saturated heterocycles. The summed E-state index contributed by atoms with van der Waals surface area (Å²) in [5.74, 6) is 0.922. The molecule has 0 aromatic carbocycles. The molecule has 2 unspecified atom stereocenters. The molecular weight excluding hydrogens is 268 g/mol. The number of nitrogens with zero attached hydrogens (tertiary/aromatic N) is 1. The molecule has 5 heteroatoms. The largest absolute Gasteiger partial charge is 0.381 e. The average Bonchev–Trinajstić information content (AvgIpc) is 3.18. The molecule has 2 aliphatic heterocycles. The van der Waals surface area contributed by atoms with Crippen molar-refractivity contribution in [3.05, 3.63) is 0 Å². The molecule has 1 N–H and O–H groups in total. The zero-order valence-electron chi connectivity index (χ0n) is 13.1. The maximum absolute atomic E-state index is 13.1. The average molecular weight is 294 g/mol. The summed E-state index contributed by atoms with van der Waals surface area (Å²) in [6.07, 6.45) is 4.43. The molecule has 0 aromatic heterocycles. The third-order valence-electron chi connectivity index (χ3n) is 5.39. The van der Waals surface area contributed by atoms with Gasteiger partial charge < -0.3 is 15.0 Å². The summed E-state index contributed by atoms with van der Waals surface area (Å²) in [5.41, 5.74) is -0.693. The lowest BCUT2D eigenvalue weighted by Gasteiger charge is -2.46. The van der Waals surface area contributed by atoms with Crippen LogP contribution < -0.4 is 5.32 Å². The highest BCUT2D eigenvalue weighted by Crippen LogP contribution is 2.39. The molecule has 21 heavy (non-hydrogen) atoms. The molecule has 2 heterocycles. The Balaban J connectivity index is 1.84. The Morgan fingerprint density at radius 2 is 1.95 bits per heavy atom. The Morgan fingerprint density at radius 3 is 2.48 bits per heavy atom. The monoisotopic (exact) mass is 294 g/mol. The van der Waals surface area contributed by atoms with Crippen molar-refractivity contribution < 1.29 is 14.3 Å². The molecule has 2 amide bonds. The molecule has 0 spiro atoms. The fourth-order valence-corrected chi connectivity index (χ4v) is 3.72. The van der Waals surface area contributed by atoms with E-state index in [2.05, 4.69) is 5.32 Å². The quantitative estimate of drug-likeness (QED) is 0.832. The van der Waals surface area contributed by atoms with Gasteiger partial charge in [-0.25, -0.2) is 0 Å². The number of carbonyl (C=O) groups is 2. The van der Waals surface area contributed by atoms with Gasteiger partial charge in [-0.15, -0.1) is 0 Å². The minimum Gasteiger partial charge on any atom is -0.381 e. The molecule has 2 atom stereocenters. The van der Waals surface area contributed by atoms with Crippen molar-refractivity contribution in [2.24, 2.45) is 11.8 Å². The van der Waals surface area contributed by atoms with Gasteiger partial charge in [0, 0.05) is 19.1 Å². The predicted octanol–water partition coefficient (Wildman–Crippen LogP) is 1.32. The number of rotatable bonds is 5. The van der Waals surface area contributed by atoms with Crippen LogP contribution in [0.5, 0.6) is 0 Å². The molecular formula is C16H26N2O3. The maximum atomic E-state index is 13.1. The standard InChI is InChI=1S/C16H26N2O3/c1-3-16(4-2)15(20)18(9-11-7-8-21-10-11)13(12-5-6-12)14(19)17-16/h11-13H,3-10H2,1-2H3,(H,17,19). The van der Waals surface area contributed by atoms with E-state index < -0.39 is 5.54 Å². The maximum Gasteiger partial charge on any atom is 0.249 e. The Bertz CT molecular complexity index is 423. The van der Waals surface area contributed by atoms with Gasteiger partial charge in [-0.2, -0.15) is 0 Å². The van der Waals surface area contributed by atoms with Crippen LogP contribution in [-0.2, 0) is 14.3 Å². The molecule has 0 radical (unpaired) electrons. The first-order valence-electron chi connectivity index (χ1n) is 8.32. The van der Waals surface area contributed by atoms with E-state index in [1.807, 2.05) is 18.7 Å². The van der Waals surface area contributed by atoms with E-state index in [1.165, 1.54) is 0 Å². The SMILES string of the molecule is CCC1(CC)NC(=O)C(C2CC2)N(CC2CCOC2)C1=O. The zero-order valence-corrected chi connectivity index (χ0v) is 13.1. The highest BCUT2D eigenvalue weighted by Gasteiger charge is 2.53. The topological polar surface area (TPSA) is 58.6 Å². The second-order valence-corrected chi connectivity index (χ2v) is 6.75. The first kappa shape index (κ1) is 14.8. The summed E-state index contributed by atoms with van der Waals surface area (Å²) < 4.78 is 5.44. The number of ether oxygens (including phenoxy) is 1. The van der Waals surface area contributed by atoms with Crippen LogP contribution in [0.2, 0.25) is 0 Å². The van der Waals surface area contributed by atoms with Crippen LogP contribution in [0.3, 0.4) is 0 Å². The molecule has 0 bridgehead atoms. The normalized spacial score (nSPS) is 32.4. The smallest absolute Gasteiger partial charge is 0.249 e. The molecule has 0 aromatic rings. The van der Waals surface area contributed by atoms with Gasteiger partial charge in [0.05, 0.1) is 6.61 Å². The Hall–Kier alpha value is -1.10. The summed E-state index contributed by atoms with van der Waals surface area (Å²) in [6, 6.07) is -0.246. The van der Waals surface area contributed by atoms with Gasteiger partial charge in [0.2, 0.25) is 11.8 Å². The van der Waals surface area contributed by atoms with Crippen LogP contribution in [0.4, 0.5) is 0 Å². The van der Waals surface area contributed by atoms with Crippen LogP contribution >= 0.6 is 0 Å². The van der Waals surface area contributed by atoms with E-state index in [-0.39, 0.29) is 17.9 Å². The van der Waals surface area contributed by atoms with Crippen molar-refractivity contribution in [1.29, 1.82) is 0 Å². The highest BCUT2D eigenvalue weighted by atomic mass is 16.5. The number of amides is 2. The first-order valence-corrected chi connectivity index (χ1v) is 8.32. The summed E-state index contributed by atoms with van der Waals surface area (Å²) in [5, 5.41) is 3.04. The molecule has 1 aliphatic carbocycles. The molecule has 5 nitrogen and oxygen atoms in total. The van der Waals surface area contributed by atoms with E-state index >= 15 is 0 Å². The van der Waals surface area contributed by atoms with Gasteiger partial charge in [0.15, 0.2) is 0 Å². The highest BCUT2D eigenvalue weighted by molar-refractivity contribution is 6.00. The van der Waals surface area contributed by atoms with Crippen LogP contribution in [0.1, 0.15) is 46.0 Å². The minimum absolute atomic E-state index is 0.0553. The summed E-state index contributed by atoms with van der Waals surface area (Å²) in [7, 11) is 0. The molecule has 3 rings (SSSR count). The molecule has 1 saturated carbocycles. The van der Waals surface area contributed by atoms with Crippen molar-refractivity contribution in [1.82, 2.24) is 10.2 Å². The minimum atomic E-state index is -0.693. The molecule has 118 valence electrons. The third-order valence-corrected chi connectivity index (χ3v) is 5.39. The number of hydrogen-bond donors (Lipinski definition) is 1. The van der Waals surface area contributed by atoms with E-state index in [9.17, 15) is 9.59 Å². The van der Waals surface area contributed by atoms with E-state index in [4.69, 9.17) is 4.74 Å². The van der Waals surface area contributed by atoms with Crippen molar-refractivity contribution in [3.8, 4) is 0 Å². The first-order chi connectivity index (χ1) is 10.1. The van der Waals surface area contributed by atoms with Crippen LogP contribution in [0.15, 0.2) is 0 Å². The lowest BCUT2D eigenvalue weighted by Crippen LogP contribution is -2.71. The fourth-order valence-electron chi connectivity index (χ4n) is 3.72. The van der Waals surface area contributed by atoms with Crippen LogP contribution in [0.25, 0.3) is 0 Å². The van der Waals surface area contributed by atoms with E-state index in [1.54, 1.807) is 0 Å². The van der Waals surface area contributed by atoms with E-state index in [0.717, 1.165) is 25.9 Å². The Labute approximate surface area is 126 Å². The van der Waals surface area contributed by atoms with Gasteiger partial charge in [0.1, 0.15) is 11.6 Å². The van der Waals surface area contributed by atoms with Gasteiger partial charge in [-0.3, -0.25) is 9.59 Å². The van der Waals surface area contributed by atoms with Crippen LogP contribution in [-0.4, -0.2) is 48.1 Å². The Morgan fingerprint density at radius 1 is 1.24 bits per heavy atom. The van der Waals surface area contributed by atoms with Gasteiger partial charge in [0.25, 0.3) is 0 Å². The van der Waals surface area contributed by atoms with Gasteiger partial charge in [-0.1, -0.05) is 13.8 Å². The fraction of sp³-hybridized carbons (Fsp3) is 0.875. The van der Waals surface area contributed by atoms with Gasteiger partial charge in [-0.05, 0) is 38.0 Å². The Kier molecular flexibility index (Phi) is 3.95. The second kappa shape index (κ2) is 5.59. The van der Waals surface area contributed by atoms with Crippen LogP contribution in [0, 0.1) is 11.8 Å². The van der Waals surface area contributed by atoms with Gasteiger partial charge >= 0.3 is 0 Å². The predicted molar refractivity (Wildman–Crippen MR) is 78.6 cm³/mol. The summed E-state index contributed by atoms with van der Waals surface area (Å²) in [4.78, 5) is 27.6. The number of carbonyl (C=O) groups excluding carboxylic acids is 2. The van der Waals surface area contributed by atoms with Crippen molar-refractivity contribution in [2.75, 3.05) is 19.8 Å². The second-order valence-electron chi connectivity index (χ2n) is 6.75. The van der Waals surface area contributed by atoms with Crippen molar-refractivity contribution in [2.45, 2.75) is 57.5 Å². The number of piperazine rings is 1.